The van der Waals surface area contributed by atoms with Crippen molar-refractivity contribution in [3.8, 4) is 0 Å². The molecule has 2 atom stereocenters. The normalized spacial score (nSPS) is 18.3. The van der Waals surface area contributed by atoms with Crippen molar-refractivity contribution in [1.29, 1.82) is 0 Å². The van der Waals surface area contributed by atoms with Crippen LogP contribution >= 0.6 is 0 Å². The molecule has 0 radical (unpaired) electrons. The first-order valence-electron chi connectivity index (χ1n) is 10.2. The van der Waals surface area contributed by atoms with E-state index in [1.54, 1.807) is 6.92 Å². The SMILES string of the molecule is CCC1(C(C)C(=O)O)C(N=C(c2ccccc2)c2ccccc2)=Nc2ccccc21. The number of para-hydroxylation sites is 1. The Labute approximate surface area is 176 Å². The third-order valence-corrected chi connectivity index (χ3v) is 5.99. The van der Waals surface area contributed by atoms with Crippen LogP contribution in [0.15, 0.2) is 94.9 Å². The van der Waals surface area contributed by atoms with Crippen molar-refractivity contribution in [1.82, 2.24) is 0 Å². The zero-order valence-electron chi connectivity index (χ0n) is 17.1. The number of aliphatic carboxylic acids is 1. The molecular weight excluding hydrogens is 372 g/mol. The highest BCUT2D eigenvalue weighted by Gasteiger charge is 2.49. The van der Waals surface area contributed by atoms with Crippen LogP contribution in [-0.4, -0.2) is 22.6 Å². The second-order valence-corrected chi connectivity index (χ2v) is 7.53. The number of amidine groups is 1. The summed E-state index contributed by atoms with van der Waals surface area (Å²) >= 11 is 0. The molecule has 1 heterocycles. The van der Waals surface area contributed by atoms with Crippen LogP contribution in [0.3, 0.4) is 0 Å². The summed E-state index contributed by atoms with van der Waals surface area (Å²) in [6.07, 6.45) is 0.594. The molecule has 4 nitrogen and oxygen atoms in total. The lowest BCUT2D eigenvalue weighted by molar-refractivity contribution is -0.142. The summed E-state index contributed by atoms with van der Waals surface area (Å²) in [7, 11) is 0. The van der Waals surface area contributed by atoms with E-state index >= 15 is 0 Å². The Hall–Kier alpha value is -3.53. The molecule has 0 aromatic heterocycles. The van der Waals surface area contributed by atoms with E-state index in [-0.39, 0.29) is 0 Å². The summed E-state index contributed by atoms with van der Waals surface area (Å²) < 4.78 is 0. The number of hydrogen-bond donors (Lipinski definition) is 1. The molecule has 1 aliphatic rings. The van der Waals surface area contributed by atoms with Gasteiger partial charge in [0.2, 0.25) is 0 Å². The minimum absolute atomic E-state index is 0.559. The highest BCUT2D eigenvalue weighted by molar-refractivity contribution is 6.20. The Balaban J connectivity index is 1.96. The number of carbonyl (C=O) groups is 1. The lowest BCUT2D eigenvalue weighted by Crippen LogP contribution is -2.42. The Kier molecular flexibility index (Phi) is 5.32. The molecule has 4 rings (SSSR count). The average Bonchev–Trinajstić information content (AvgIpc) is 3.12. The molecule has 0 aliphatic carbocycles. The van der Waals surface area contributed by atoms with Crippen molar-refractivity contribution in [3.63, 3.8) is 0 Å². The lowest BCUT2D eigenvalue weighted by atomic mass is 9.69. The fourth-order valence-electron chi connectivity index (χ4n) is 4.29. The highest BCUT2D eigenvalue weighted by Crippen LogP contribution is 2.48. The first-order valence-corrected chi connectivity index (χ1v) is 10.2. The van der Waals surface area contributed by atoms with Gasteiger partial charge in [0.1, 0.15) is 5.84 Å². The van der Waals surface area contributed by atoms with Crippen molar-refractivity contribution < 1.29 is 9.90 Å². The van der Waals surface area contributed by atoms with E-state index in [9.17, 15) is 9.90 Å². The minimum Gasteiger partial charge on any atom is -0.481 e. The number of nitrogens with zero attached hydrogens (tertiary/aromatic N) is 2. The molecule has 2 unspecified atom stereocenters. The summed E-state index contributed by atoms with van der Waals surface area (Å²) in [6.45, 7) is 3.76. The van der Waals surface area contributed by atoms with Gasteiger partial charge in [-0.05, 0) is 18.1 Å². The van der Waals surface area contributed by atoms with Gasteiger partial charge in [0, 0.05) is 11.1 Å². The highest BCUT2D eigenvalue weighted by atomic mass is 16.4. The second kappa shape index (κ2) is 8.07. The molecule has 1 aliphatic heterocycles. The van der Waals surface area contributed by atoms with Crippen LogP contribution in [0.2, 0.25) is 0 Å². The summed E-state index contributed by atoms with van der Waals surface area (Å²) in [6, 6.07) is 27.7. The van der Waals surface area contributed by atoms with E-state index in [0.29, 0.717) is 12.3 Å². The number of aliphatic imine (C=N–C) groups is 2. The molecule has 30 heavy (non-hydrogen) atoms. The summed E-state index contributed by atoms with van der Waals surface area (Å²) in [4.78, 5) is 22.0. The van der Waals surface area contributed by atoms with Crippen LogP contribution < -0.4 is 0 Å². The Morgan fingerprint density at radius 3 is 2.00 bits per heavy atom. The number of rotatable bonds is 5. The van der Waals surface area contributed by atoms with Crippen molar-refractivity contribution in [2.45, 2.75) is 25.7 Å². The molecule has 0 spiro atoms. The van der Waals surface area contributed by atoms with Gasteiger partial charge in [0.25, 0.3) is 0 Å². The van der Waals surface area contributed by atoms with Crippen LogP contribution in [-0.2, 0) is 10.2 Å². The van der Waals surface area contributed by atoms with Gasteiger partial charge >= 0.3 is 5.97 Å². The first kappa shape index (κ1) is 19.8. The van der Waals surface area contributed by atoms with Gasteiger partial charge in [-0.3, -0.25) is 4.79 Å². The maximum absolute atomic E-state index is 12.1. The standard InChI is InChI=1S/C26H24N2O2/c1-3-26(18(2)24(29)30)21-16-10-11-17-22(21)27-25(26)28-23(19-12-6-4-7-13-19)20-14-8-5-9-15-20/h4-18H,3H2,1-2H3,(H,29,30). The molecule has 150 valence electrons. The number of benzene rings is 3. The van der Waals surface area contributed by atoms with E-state index in [2.05, 4.69) is 0 Å². The van der Waals surface area contributed by atoms with Crippen molar-refractivity contribution in [2.24, 2.45) is 15.9 Å². The predicted molar refractivity (Wildman–Crippen MR) is 121 cm³/mol. The molecule has 0 fully saturated rings. The molecule has 0 bridgehead atoms. The number of hydrogen-bond acceptors (Lipinski definition) is 3. The molecule has 3 aromatic carbocycles. The van der Waals surface area contributed by atoms with Crippen molar-refractivity contribution >= 4 is 23.2 Å². The van der Waals surface area contributed by atoms with Crippen molar-refractivity contribution in [2.75, 3.05) is 0 Å². The third kappa shape index (κ3) is 3.24. The van der Waals surface area contributed by atoms with Crippen LogP contribution in [0.5, 0.6) is 0 Å². The summed E-state index contributed by atoms with van der Waals surface area (Å²) in [5.41, 5.74) is 3.68. The molecule has 0 amide bonds. The Morgan fingerprint density at radius 1 is 0.933 bits per heavy atom. The number of fused-ring (bicyclic) bond motifs is 1. The fourth-order valence-corrected chi connectivity index (χ4v) is 4.29. The summed E-state index contributed by atoms with van der Waals surface area (Å²) in [5, 5.41) is 9.95. The van der Waals surface area contributed by atoms with Gasteiger partial charge in [-0.15, -0.1) is 0 Å². The van der Waals surface area contributed by atoms with Crippen LogP contribution in [0, 0.1) is 5.92 Å². The van der Waals surface area contributed by atoms with E-state index in [4.69, 9.17) is 9.98 Å². The lowest BCUT2D eigenvalue weighted by Gasteiger charge is -2.33. The number of carboxylic acid groups (broad SMARTS) is 1. The predicted octanol–water partition coefficient (Wildman–Crippen LogP) is 5.64. The van der Waals surface area contributed by atoms with E-state index < -0.39 is 17.3 Å². The Bertz CT molecular complexity index is 1080. The van der Waals surface area contributed by atoms with Crippen LogP contribution in [0.4, 0.5) is 5.69 Å². The third-order valence-electron chi connectivity index (χ3n) is 5.99. The number of carboxylic acids is 1. The first-order chi connectivity index (χ1) is 14.6. The van der Waals surface area contributed by atoms with Gasteiger partial charge in [0.05, 0.1) is 22.7 Å². The molecule has 0 saturated carbocycles. The van der Waals surface area contributed by atoms with E-state index in [1.807, 2.05) is 91.9 Å². The smallest absolute Gasteiger partial charge is 0.307 e. The van der Waals surface area contributed by atoms with E-state index in [1.165, 1.54) is 0 Å². The van der Waals surface area contributed by atoms with Crippen molar-refractivity contribution in [3.05, 3.63) is 102 Å². The van der Waals surface area contributed by atoms with Gasteiger partial charge in [0.15, 0.2) is 0 Å². The van der Waals surface area contributed by atoms with Gasteiger partial charge in [-0.25, -0.2) is 9.98 Å². The maximum Gasteiger partial charge on any atom is 0.307 e. The molecule has 4 heteroatoms. The molecule has 0 saturated heterocycles. The largest absolute Gasteiger partial charge is 0.481 e. The Morgan fingerprint density at radius 2 is 1.47 bits per heavy atom. The zero-order valence-corrected chi connectivity index (χ0v) is 17.1. The minimum atomic E-state index is -0.850. The average molecular weight is 396 g/mol. The molecule has 3 aromatic rings. The quantitative estimate of drug-likeness (QED) is 0.568. The van der Waals surface area contributed by atoms with E-state index in [0.717, 1.165) is 28.1 Å². The monoisotopic (exact) mass is 396 g/mol. The molecular formula is C26H24N2O2. The fraction of sp³-hybridized carbons (Fsp3) is 0.192. The maximum atomic E-state index is 12.1. The van der Waals surface area contributed by atoms with Gasteiger partial charge in [-0.2, -0.15) is 0 Å². The van der Waals surface area contributed by atoms with Crippen LogP contribution in [0.25, 0.3) is 0 Å². The van der Waals surface area contributed by atoms with Crippen LogP contribution in [0.1, 0.15) is 37.0 Å². The van der Waals surface area contributed by atoms with Gasteiger partial charge in [-0.1, -0.05) is 92.7 Å². The zero-order chi connectivity index (χ0) is 21.1. The van der Waals surface area contributed by atoms with Gasteiger partial charge < -0.3 is 5.11 Å². The molecule has 1 N–H and O–H groups in total. The summed E-state index contributed by atoms with van der Waals surface area (Å²) in [5.74, 6) is -0.956. The topological polar surface area (TPSA) is 62.0 Å². The second-order valence-electron chi connectivity index (χ2n) is 7.53.